The molecular weight excluding hydrogens is 288 g/mol. The first-order valence-electron chi connectivity index (χ1n) is 7.20. The molecule has 0 unspecified atom stereocenters. The van der Waals surface area contributed by atoms with Gasteiger partial charge in [-0.1, -0.05) is 11.6 Å². The number of likely N-dealkylation sites (tertiary alicyclic amines) is 1. The molecule has 0 spiro atoms. The van der Waals surface area contributed by atoms with E-state index in [1.165, 1.54) is 6.42 Å². The quantitative estimate of drug-likeness (QED) is 0.818. The van der Waals surface area contributed by atoms with Crippen LogP contribution in [0.2, 0.25) is 5.02 Å². The van der Waals surface area contributed by atoms with E-state index in [4.69, 9.17) is 11.6 Å². The lowest BCUT2D eigenvalue weighted by molar-refractivity contribution is -0.132. The van der Waals surface area contributed by atoms with Gasteiger partial charge in [0.2, 0.25) is 5.91 Å². The summed E-state index contributed by atoms with van der Waals surface area (Å²) in [6, 6.07) is 5.40. The lowest BCUT2D eigenvalue weighted by Crippen LogP contribution is -2.37. The molecule has 4 nitrogen and oxygen atoms in total. The van der Waals surface area contributed by atoms with E-state index >= 15 is 0 Å². The zero-order valence-corrected chi connectivity index (χ0v) is 12.5. The molecule has 0 aliphatic carbocycles. The van der Waals surface area contributed by atoms with Crippen molar-refractivity contribution in [1.82, 2.24) is 9.47 Å². The van der Waals surface area contributed by atoms with E-state index in [1.807, 2.05) is 15.5 Å². The molecule has 0 radical (unpaired) electrons. The van der Waals surface area contributed by atoms with Crippen LogP contribution in [0.3, 0.4) is 0 Å². The van der Waals surface area contributed by atoms with Crippen molar-refractivity contribution in [2.75, 3.05) is 13.1 Å². The summed E-state index contributed by atoms with van der Waals surface area (Å²) >= 11 is 5.98. The fourth-order valence-electron chi connectivity index (χ4n) is 2.91. The van der Waals surface area contributed by atoms with Crippen molar-refractivity contribution in [2.24, 2.45) is 0 Å². The van der Waals surface area contributed by atoms with Crippen LogP contribution in [0.15, 0.2) is 24.4 Å². The van der Waals surface area contributed by atoms with Crippen LogP contribution < -0.4 is 0 Å². The molecule has 1 aromatic heterocycles. The molecule has 1 aliphatic rings. The molecule has 0 saturated carbocycles. The predicted octanol–water partition coefficient (Wildman–Crippen LogP) is 3.12. The van der Waals surface area contributed by atoms with Crippen molar-refractivity contribution in [1.29, 1.82) is 0 Å². The van der Waals surface area contributed by atoms with E-state index < -0.39 is 0 Å². The number of carbonyl (C=O) groups is 2. The number of aldehydes is 1. The average Bonchev–Trinajstić information content (AvgIpc) is 2.85. The number of hydrogen-bond donors (Lipinski definition) is 0. The minimum absolute atomic E-state index is 0.110. The van der Waals surface area contributed by atoms with E-state index in [2.05, 4.69) is 0 Å². The van der Waals surface area contributed by atoms with E-state index in [0.29, 0.717) is 10.6 Å². The van der Waals surface area contributed by atoms with Gasteiger partial charge in [0.15, 0.2) is 6.29 Å². The fourth-order valence-corrected chi connectivity index (χ4v) is 3.08. The summed E-state index contributed by atoms with van der Waals surface area (Å²) in [5, 5.41) is 1.38. The Morgan fingerprint density at radius 2 is 2.00 bits per heavy atom. The number of benzene rings is 1. The van der Waals surface area contributed by atoms with Gasteiger partial charge in [0.25, 0.3) is 0 Å². The maximum absolute atomic E-state index is 12.4. The van der Waals surface area contributed by atoms with Gasteiger partial charge in [0, 0.05) is 40.8 Å². The Morgan fingerprint density at radius 3 is 2.71 bits per heavy atom. The Bertz CT molecular complexity index is 687. The Hall–Kier alpha value is -1.81. The number of carbonyl (C=O) groups excluding carboxylic acids is 2. The molecule has 110 valence electrons. The summed E-state index contributed by atoms with van der Waals surface area (Å²) in [7, 11) is 0. The molecule has 3 rings (SSSR count). The number of piperidine rings is 1. The van der Waals surface area contributed by atoms with Crippen LogP contribution in [-0.2, 0) is 11.3 Å². The molecule has 1 saturated heterocycles. The summed E-state index contributed by atoms with van der Waals surface area (Å²) in [6.07, 6.45) is 5.89. The van der Waals surface area contributed by atoms with Gasteiger partial charge < -0.3 is 9.47 Å². The molecule has 5 heteroatoms. The Labute approximate surface area is 128 Å². The average molecular weight is 305 g/mol. The number of aromatic nitrogens is 1. The normalized spacial score (nSPS) is 15.4. The largest absolute Gasteiger partial charge is 0.341 e. The second-order valence-corrected chi connectivity index (χ2v) is 5.87. The summed E-state index contributed by atoms with van der Waals surface area (Å²) < 4.78 is 1.84. The summed E-state index contributed by atoms with van der Waals surface area (Å²) in [6.45, 7) is 1.95. The van der Waals surface area contributed by atoms with Crippen LogP contribution in [0.5, 0.6) is 0 Å². The number of rotatable bonds is 3. The number of amides is 1. The highest BCUT2D eigenvalue weighted by Crippen LogP contribution is 2.24. The molecule has 21 heavy (non-hydrogen) atoms. The molecule has 2 aromatic rings. The summed E-state index contributed by atoms with van der Waals surface area (Å²) in [4.78, 5) is 25.5. The van der Waals surface area contributed by atoms with Crippen molar-refractivity contribution in [3.05, 3.63) is 35.0 Å². The Balaban J connectivity index is 1.89. The third kappa shape index (κ3) is 2.81. The standard InChI is InChI=1S/C16H17ClN2O2/c17-13-4-5-15-14(8-13)12(11-20)9-19(15)10-16(21)18-6-2-1-3-7-18/h4-5,8-9,11H,1-3,6-7,10H2. The molecule has 1 amide bonds. The van der Waals surface area contributed by atoms with E-state index in [0.717, 1.165) is 43.1 Å². The summed E-state index contributed by atoms with van der Waals surface area (Å²) in [5.41, 5.74) is 1.44. The first kappa shape index (κ1) is 14.1. The van der Waals surface area contributed by atoms with Crippen LogP contribution in [0.4, 0.5) is 0 Å². The first-order valence-corrected chi connectivity index (χ1v) is 7.58. The first-order chi connectivity index (χ1) is 10.2. The van der Waals surface area contributed by atoms with Crippen molar-refractivity contribution in [3.8, 4) is 0 Å². The number of halogens is 1. The minimum Gasteiger partial charge on any atom is -0.341 e. The third-order valence-corrected chi connectivity index (χ3v) is 4.25. The highest BCUT2D eigenvalue weighted by Gasteiger charge is 2.18. The van der Waals surface area contributed by atoms with Crippen LogP contribution in [0, 0.1) is 0 Å². The number of nitrogens with zero attached hydrogens (tertiary/aromatic N) is 2. The van der Waals surface area contributed by atoms with Gasteiger partial charge in [-0.3, -0.25) is 9.59 Å². The molecule has 2 heterocycles. The predicted molar refractivity (Wildman–Crippen MR) is 82.8 cm³/mol. The number of fused-ring (bicyclic) bond motifs is 1. The van der Waals surface area contributed by atoms with Gasteiger partial charge in [-0.25, -0.2) is 0 Å². The minimum atomic E-state index is 0.110. The second-order valence-electron chi connectivity index (χ2n) is 5.43. The zero-order valence-electron chi connectivity index (χ0n) is 11.7. The monoisotopic (exact) mass is 304 g/mol. The highest BCUT2D eigenvalue weighted by atomic mass is 35.5. The van der Waals surface area contributed by atoms with Gasteiger partial charge >= 0.3 is 0 Å². The third-order valence-electron chi connectivity index (χ3n) is 4.02. The van der Waals surface area contributed by atoms with Crippen molar-refractivity contribution in [2.45, 2.75) is 25.8 Å². The SMILES string of the molecule is O=Cc1cn(CC(=O)N2CCCCC2)c2ccc(Cl)cc12. The summed E-state index contributed by atoms with van der Waals surface area (Å²) in [5.74, 6) is 0.110. The maximum Gasteiger partial charge on any atom is 0.242 e. The van der Waals surface area contributed by atoms with Gasteiger partial charge in [-0.15, -0.1) is 0 Å². The van der Waals surface area contributed by atoms with Gasteiger partial charge in [-0.2, -0.15) is 0 Å². The van der Waals surface area contributed by atoms with Crippen LogP contribution in [0.1, 0.15) is 29.6 Å². The van der Waals surface area contributed by atoms with Crippen LogP contribution in [0.25, 0.3) is 10.9 Å². The topological polar surface area (TPSA) is 42.3 Å². The second kappa shape index (κ2) is 5.90. The van der Waals surface area contributed by atoms with Gasteiger partial charge in [0.1, 0.15) is 6.54 Å². The molecule has 0 atom stereocenters. The lowest BCUT2D eigenvalue weighted by atomic mass is 10.1. The van der Waals surface area contributed by atoms with E-state index in [-0.39, 0.29) is 12.5 Å². The smallest absolute Gasteiger partial charge is 0.242 e. The fraction of sp³-hybridized carbons (Fsp3) is 0.375. The van der Waals surface area contributed by atoms with Crippen molar-refractivity contribution in [3.63, 3.8) is 0 Å². The van der Waals surface area contributed by atoms with Gasteiger partial charge in [0.05, 0.1) is 0 Å². The lowest BCUT2D eigenvalue weighted by Gasteiger charge is -2.27. The maximum atomic E-state index is 12.4. The van der Waals surface area contributed by atoms with Gasteiger partial charge in [-0.05, 0) is 37.5 Å². The molecule has 1 aromatic carbocycles. The van der Waals surface area contributed by atoms with Crippen LogP contribution >= 0.6 is 11.6 Å². The molecule has 0 bridgehead atoms. The van der Waals surface area contributed by atoms with E-state index in [9.17, 15) is 9.59 Å². The highest BCUT2D eigenvalue weighted by molar-refractivity contribution is 6.31. The van der Waals surface area contributed by atoms with Crippen molar-refractivity contribution < 1.29 is 9.59 Å². The zero-order chi connectivity index (χ0) is 14.8. The van der Waals surface area contributed by atoms with Crippen molar-refractivity contribution >= 4 is 34.7 Å². The van der Waals surface area contributed by atoms with E-state index in [1.54, 1.807) is 18.3 Å². The van der Waals surface area contributed by atoms with Crippen LogP contribution in [-0.4, -0.2) is 34.7 Å². The molecule has 0 N–H and O–H groups in total. The molecular formula is C16H17ClN2O2. The Morgan fingerprint density at radius 1 is 1.24 bits per heavy atom. The Kier molecular flexibility index (Phi) is 3.97. The number of hydrogen-bond acceptors (Lipinski definition) is 2. The molecule has 1 aliphatic heterocycles. The molecule has 1 fully saturated rings.